The molecule has 3 heterocycles. The van der Waals surface area contributed by atoms with Crippen molar-refractivity contribution < 1.29 is 23.6 Å². The number of carbonyl (C=O) groups is 2. The Morgan fingerprint density at radius 2 is 1.92 bits per heavy atom. The summed E-state index contributed by atoms with van der Waals surface area (Å²) in [7, 11) is 1.56. The van der Waals surface area contributed by atoms with Gasteiger partial charge in [0.25, 0.3) is 11.8 Å². The first-order chi connectivity index (χ1) is 17.6. The largest absolute Gasteiger partial charge is 0.493 e. The van der Waals surface area contributed by atoms with Crippen LogP contribution in [-0.4, -0.2) is 52.8 Å². The van der Waals surface area contributed by atoms with E-state index in [9.17, 15) is 9.59 Å². The lowest BCUT2D eigenvalue weighted by Gasteiger charge is -2.19. The topological polar surface area (TPSA) is 123 Å². The molecule has 1 fully saturated rings. The number of aromatic nitrogens is 2. The maximum Gasteiger partial charge on any atom is 0.263 e. The van der Waals surface area contributed by atoms with Gasteiger partial charge in [-0.3, -0.25) is 14.6 Å². The van der Waals surface area contributed by atoms with Crippen molar-refractivity contribution in [1.29, 1.82) is 0 Å². The second-order valence-corrected chi connectivity index (χ2v) is 8.82. The number of carbonyl (C=O) groups excluding carboxylic acids is 2. The van der Waals surface area contributed by atoms with Crippen molar-refractivity contribution in [3.63, 3.8) is 0 Å². The number of amides is 2. The first kappa shape index (κ1) is 22.2. The van der Waals surface area contributed by atoms with Crippen molar-refractivity contribution in [2.24, 2.45) is 10.3 Å². The lowest BCUT2D eigenvalue weighted by molar-refractivity contribution is -0.123. The summed E-state index contributed by atoms with van der Waals surface area (Å²) in [5.41, 5.74) is 3.73. The number of aryl methyl sites for hydroxylation is 2. The van der Waals surface area contributed by atoms with Gasteiger partial charge in [-0.25, -0.2) is 4.90 Å². The molecule has 0 radical (unpaired) electrons. The van der Waals surface area contributed by atoms with Gasteiger partial charge in [-0.1, -0.05) is 16.4 Å². The molecular formula is C25H24N6O5. The summed E-state index contributed by atoms with van der Waals surface area (Å²) < 4.78 is 16.4. The zero-order chi connectivity index (χ0) is 24.8. The second kappa shape index (κ2) is 8.74. The number of imide groups is 1. The minimum Gasteiger partial charge on any atom is -0.493 e. The third-order valence-electron chi connectivity index (χ3n) is 6.69. The van der Waals surface area contributed by atoms with E-state index in [4.69, 9.17) is 14.0 Å². The Balaban J connectivity index is 1.20. The Bertz CT molecular complexity index is 1390. The standard InChI is InChI=1S/C25H24N6O5/c1-3-35-18-10-8-16(12-19(18)34-2)23-26-20(36-28-23)13-30-22-21(27-29-30)24(32)31(25(22)33)17-9-7-14-5-4-6-15(14)11-17/h7-12,21-22H,3-6,13H2,1-2H3/t21-,22-/m0/s1. The predicted molar refractivity (Wildman–Crippen MR) is 126 cm³/mol. The number of methoxy groups -OCH3 is 1. The molecule has 2 amide bonds. The van der Waals surface area contributed by atoms with E-state index >= 15 is 0 Å². The van der Waals surface area contributed by atoms with Crippen molar-refractivity contribution in [2.75, 3.05) is 18.6 Å². The molecule has 11 nitrogen and oxygen atoms in total. The average Bonchev–Trinajstić information content (AvgIpc) is 3.67. The molecule has 0 spiro atoms. The predicted octanol–water partition coefficient (Wildman–Crippen LogP) is 3.13. The van der Waals surface area contributed by atoms with Gasteiger partial charge in [-0.05, 0) is 67.6 Å². The number of benzene rings is 2. The van der Waals surface area contributed by atoms with E-state index in [-0.39, 0.29) is 24.2 Å². The molecule has 0 N–H and O–H groups in total. The van der Waals surface area contributed by atoms with Crippen LogP contribution < -0.4 is 14.4 Å². The van der Waals surface area contributed by atoms with Gasteiger partial charge < -0.3 is 14.0 Å². The zero-order valence-electron chi connectivity index (χ0n) is 19.9. The molecule has 3 aliphatic rings. The molecule has 2 atom stereocenters. The molecule has 6 rings (SSSR count). The molecule has 2 aliphatic heterocycles. The molecule has 36 heavy (non-hydrogen) atoms. The van der Waals surface area contributed by atoms with Gasteiger partial charge in [0, 0.05) is 5.56 Å². The molecule has 0 unspecified atom stereocenters. The molecular weight excluding hydrogens is 464 g/mol. The van der Waals surface area contributed by atoms with Crippen LogP contribution in [0, 0.1) is 0 Å². The van der Waals surface area contributed by atoms with Gasteiger partial charge in [0.15, 0.2) is 23.6 Å². The summed E-state index contributed by atoms with van der Waals surface area (Å²) in [6.07, 6.45) is 3.07. The van der Waals surface area contributed by atoms with Crippen molar-refractivity contribution >= 4 is 17.5 Å². The molecule has 184 valence electrons. The lowest BCUT2D eigenvalue weighted by Crippen LogP contribution is -2.39. The highest BCUT2D eigenvalue weighted by Gasteiger charge is 2.55. The summed E-state index contributed by atoms with van der Waals surface area (Å²) >= 11 is 0. The average molecular weight is 489 g/mol. The van der Waals surface area contributed by atoms with Crippen molar-refractivity contribution in [1.82, 2.24) is 15.1 Å². The Morgan fingerprint density at radius 1 is 1.06 bits per heavy atom. The van der Waals surface area contributed by atoms with E-state index in [1.807, 2.05) is 25.1 Å². The molecule has 3 aromatic rings. The van der Waals surface area contributed by atoms with Gasteiger partial charge >= 0.3 is 0 Å². The number of fused-ring (bicyclic) bond motifs is 2. The van der Waals surface area contributed by atoms with Crippen LogP contribution in [0.4, 0.5) is 5.69 Å². The Morgan fingerprint density at radius 3 is 2.75 bits per heavy atom. The first-order valence-electron chi connectivity index (χ1n) is 11.9. The molecule has 0 saturated carbocycles. The molecule has 0 bridgehead atoms. The van der Waals surface area contributed by atoms with E-state index in [0.717, 1.165) is 19.3 Å². The van der Waals surface area contributed by atoms with Gasteiger partial charge in [0.05, 0.1) is 19.4 Å². The normalized spacial score (nSPS) is 20.3. The minimum absolute atomic E-state index is 0.0445. The van der Waals surface area contributed by atoms with E-state index in [1.165, 1.54) is 21.0 Å². The fourth-order valence-corrected chi connectivity index (χ4v) is 4.96. The number of hydrogen-bond acceptors (Lipinski definition) is 10. The highest BCUT2D eigenvalue weighted by atomic mass is 16.5. The van der Waals surface area contributed by atoms with Gasteiger partial charge in [-0.2, -0.15) is 10.1 Å². The summed E-state index contributed by atoms with van der Waals surface area (Å²) in [6.45, 7) is 2.45. The maximum absolute atomic E-state index is 13.3. The van der Waals surface area contributed by atoms with Gasteiger partial charge in [0.1, 0.15) is 6.54 Å². The van der Waals surface area contributed by atoms with E-state index in [0.29, 0.717) is 35.2 Å². The van der Waals surface area contributed by atoms with E-state index in [2.05, 4.69) is 20.5 Å². The van der Waals surface area contributed by atoms with Crippen LogP contribution in [-0.2, 0) is 29.0 Å². The minimum atomic E-state index is -0.886. The number of ether oxygens (including phenoxy) is 2. The van der Waals surface area contributed by atoms with E-state index in [1.54, 1.807) is 25.3 Å². The fourth-order valence-electron chi connectivity index (χ4n) is 4.96. The molecule has 11 heteroatoms. The lowest BCUT2D eigenvalue weighted by atomic mass is 10.1. The molecule has 1 saturated heterocycles. The number of hydrogen-bond donors (Lipinski definition) is 0. The van der Waals surface area contributed by atoms with Crippen LogP contribution in [0.3, 0.4) is 0 Å². The maximum atomic E-state index is 13.3. The Labute approximate surface area is 206 Å². The molecule has 1 aliphatic carbocycles. The molecule has 2 aromatic carbocycles. The quantitative estimate of drug-likeness (QED) is 0.465. The van der Waals surface area contributed by atoms with Crippen LogP contribution in [0.15, 0.2) is 51.3 Å². The Kier molecular flexibility index (Phi) is 5.39. The monoisotopic (exact) mass is 488 g/mol. The van der Waals surface area contributed by atoms with E-state index < -0.39 is 12.1 Å². The van der Waals surface area contributed by atoms with Gasteiger partial charge in [0.2, 0.25) is 11.7 Å². The van der Waals surface area contributed by atoms with Crippen LogP contribution in [0.5, 0.6) is 11.5 Å². The number of anilines is 1. The summed E-state index contributed by atoms with van der Waals surface area (Å²) in [4.78, 5) is 32.1. The summed E-state index contributed by atoms with van der Waals surface area (Å²) in [6, 6.07) is 9.40. The fraction of sp³-hybridized carbons (Fsp3) is 0.360. The SMILES string of the molecule is CCOc1ccc(-c2noc(CN3N=N[C@@H]4C(=O)N(c5ccc6c(c5)CCC6)C(=O)[C@H]43)n2)cc1OC. The van der Waals surface area contributed by atoms with Crippen LogP contribution >= 0.6 is 0 Å². The van der Waals surface area contributed by atoms with Crippen LogP contribution in [0.2, 0.25) is 0 Å². The summed E-state index contributed by atoms with van der Waals surface area (Å²) in [5, 5.41) is 13.6. The second-order valence-electron chi connectivity index (χ2n) is 8.82. The third-order valence-corrected chi connectivity index (χ3v) is 6.69. The van der Waals surface area contributed by atoms with Crippen molar-refractivity contribution in [3.05, 3.63) is 53.4 Å². The van der Waals surface area contributed by atoms with Crippen LogP contribution in [0.25, 0.3) is 11.4 Å². The van der Waals surface area contributed by atoms with Crippen molar-refractivity contribution in [3.8, 4) is 22.9 Å². The Hall–Kier alpha value is -4.28. The first-order valence-corrected chi connectivity index (χ1v) is 11.9. The number of rotatable bonds is 7. The summed E-state index contributed by atoms with van der Waals surface area (Å²) in [5.74, 6) is 1.04. The van der Waals surface area contributed by atoms with Gasteiger partial charge in [-0.15, -0.1) is 0 Å². The number of nitrogens with zero attached hydrogens (tertiary/aromatic N) is 6. The molecule has 1 aromatic heterocycles. The zero-order valence-corrected chi connectivity index (χ0v) is 19.9. The highest BCUT2D eigenvalue weighted by Crippen LogP contribution is 2.35. The van der Waals surface area contributed by atoms with Crippen molar-refractivity contribution in [2.45, 2.75) is 44.8 Å². The smallest absolute Gasteiger partial charge is 0.263 e. The third kappa shape index (κ3) is 3.58. The highest BCUT2D eigenvalue weighted by molar-refractivity contribution is 6.25. The van der Waals surface area contributed by atoms with Crippen LogP contribution in [0.1, 0.15) is 30.4 Å².